The number of hydrogen-bond donors (Lipinski definition) is 0. The summed E-state index contributed by atoms with van der Waals surface area (Å²) in [6, 6.07) is 6.18. The average molecular weight is 441 g/mol. The summed E-state index contributed by atoms with van der Waals surface area (Å²) < 4.78 is 8.81. The summed E-state index contributed by atoms with van der Waals surface area (Å²) in [6.45, 7) is 6.50. The number of hydrogen-bond acceptors (Lipinski definition) is 3. The summed E-state index contributed by atoms with van der Waals surface area (Å²) in [6.07, 6.45) is 5.79. The van der Waals surface area contributed by atoms with Crippen LogP contribution in [0.1, 0.15) is 45.7 Å². The van der Waals surface area contributed by atoms with Crippen molar-refractivity contribution in [1.82, 2.24) is 14.3 Å². The number of piperidine rings is 1. The monoisotopic (exact) mass is 441 g/mol. The van der Waals surface area contributed by atoms with Gasteiger partial charge >= 0.3 is 6.09 Å². The van der Waals surface area contributed by atoms with Gasteiger partial charge in [-0.1, -0.05) is 6.07 Å². The van der Waals surface area contributed by atoms with Gasteiger partial charge in [0.2, 0.25) is 0 Å². The zero-order valence-electron chi connectivity index (χ0n) is 14.5. The molecule has 0 unspecified atom stereocenters. The molecule has 0 spiro atoms. The molecule has 1 saturated heterocycles. The van der Waals surface area contributed by atoms with E-state index < -0.39 is 5.60 Å². The topological polar surface area (TPSA) is 46.8 Å². The number of amides is 1. The fourth-order valence-electron chi connectivity index (χ4n) is 3.14. The van der Waals surface area contributed by atoms with Crippen molar-refractivity contribution in [2.75, 3.05) is 6.54 Å². The molecule has 1 aliphatic heterocycles. The van der Waals surface area contributed by atoms with Crippen molar-refractivity contribution >= 4 is 34.3 Å². The SMILES string of the molecule is CC(C)(C)OC(=O)N1CCCC[C@H]1Cc1nc2ccccn2c1I. The number of rotatable bonds is 2. The third-order valence-corrected chi connectivity index (χ3v) is 5.36. The molecule has 0 saturated carbocycles. The van der Waals surface area contributed by atoms with Crippen LogP contribution >= 0.6 is 22.6 Å². The lowest BCUT2D eigenvalue weighted by molar-refractivity contribution is 0.00984. The van der Waals surface area contributed by atoms with Gasteiger partial charge in [0.15, 0.2) is 0 Å². The van der Waals surface area contributed by atoms with Gasteiger partial charge in [0, 0.05) is 25.2 Å². The molecule has 2 aromatic rings. The van der Waals surface area contributed by atoms with Gasteiger partial charge in [0.1, 0.15) is 14.9 Å². The average Bonchev–Trinajstić information content (AvgIpc) is 2.83. The number of fused-ring (bicyclic) bond motifs is 1. The fraction of sp³-hybridized carbons (Fsp3) is 0.556. The van der Waals surface area contributed by atoms with Crippen molar-refractivity contribution in [1.29, 1.82) is 0 Å². The molecule has 3 heterocycles. The maximum absolute atomic E-state index is 12.5. The van der Waals surface area contributed by atoms with Crippen molar-refractivity contribution in [2.24, 2.45) is 0 Å². The van der Waals surface area contributed by atoms with Crippen LogP contribution < -0.4 is 0 Å². The minimum absolute atomic E-state index is 0.159. The fourth-order valence-corrected chi connectivity index (χ4v) is 3.89. The van der Waals surface area contributed by atoms with E-state index in [1.165, 1.54) is 0 Å². The Kier molecular flexibility index (Phi) is 5.03. The molecule has 1 aliphatic rings. The highest BCUT2D eigenvalue weighted by Crippen LogP contribution is 2.25. The quantitative estimate of drug-likeness (QED) is 0.654. The van der Waals surface area contributed by atoms with Gasteiger partial charge in [0.25, 0.3) is 0 Å². The van der Waals surface area contributed by atoms with Crippen LogP contribution in [0, 0.1) is 3.70 Å². The summed E-state index contributed by atoms with van der Waals surface area (Å²) in [4.78, 5) is 19.2. The molecule has 1 atom stereocenters. The van der Waals surface area contributed by atoms with Crippen LogP contribution in [0.25, 0.3) is 5.65 Å². The third-order valence-electron chi connectivity index (χ3n) is 4.22. The van der Waals surface area contributed by atoms with Crippen LogP contribution in [0.2, 0.25) is 0 Å². The second-order valence-corrected chi connectivity index (χ2v) is 8.33. The van der Waals surface area contributed by atoms with Crippen LogP contribution in [0.15, 0.2) is 24.4 Å². The molecule has 0 radical (unpaired) electrons. The van der Waals surface area contributed by atoms with Crippen molar-refractivity contribution in [2.45, 2.75) is 58.1 Å². The number of likely N-dealkylation sites (tertiary alicyclic amines) is 1. The zero-order valence-corrected chi connectivity index (χ0v) is 16.6. The number of halogens is 1. The van der Waals surface area contributed by atoms with Gasteiger partial charge < -0.3 is 9.64 Å². The van der Waals surface area contributed by atoms with E-state index in [-0.39, 0.29) is 12.1 Å². The molecule has 0 N–H and O–H groups in total. The van der Waals surface area contributed by atoms with E-state index in [9.17, 15) is 4.79 Å². The lowest BCUT2D eigenvalue weighted by Gasteiger charge is -2.36. The number of ether oxygens (including phenoxy) is 1. The second-order valence-electron chi connectivity index (χ2n) is 7.31. The summed E-state index contributed by atoms with van der Waals surface area (Å²) in [5.74, 6) is 0. The number of carbonyl (C=O) groups excluding carboxylic acids is 1. The molecule has 130 valence electrons. The van der Waals surface area contributed by atoms with Crippen LogP contribution in [-0.4, -0.2) is 38.6 Å². The van der Waals surface area contributed by atoms with Crippen LogP contribution in [0.3, 0.4) is 0 Å². The Morgan fingerprint density at radius 2 is 2.17 bits per heavy atom. The number of pyridine rings is 1. The predicted octanol–water partition coefficient (Wildman–Crippen LogP) is 4.27. The largest absolute Gasteiger partial charge is 0.444 e. The lowest BCUT2D eigenvalue weighted by atomic mass is 9.98. The maximum atomic E-state index is 12.5. The third kappa shape index (κ3) is 3.84. The van der Waals surface area contributed by atoms with E-state index in [2.05, 4.69) is 27.0 Å². The Balaban J connectivity index is 1.80. The molecular weight excluding hydrogens is 417 g/mol. The summed E-state index contributed by atoms with van der Waals surface area (Å²) in [5, 5.41) is 0. The Bertz CT molecular complexity index is 735. The molecule has 2 aromatic heterocycles. The van der Waals surface area contributed by atoms with Gasteiger partial charge in [-0.2, -0.15) is 0 Å². The first kappa shape index (κ1) is 17.5. The Hall–Kier alpha value is -1.31. The van der Waals surface area contributed by atoms with E-state index in [4.69, 9.17) is 9.72 Å². The van der Waals surface area contributed by atoms with E-state index in [0.29, 0.717) is 0 Å². The highest BCUT2D eigenvalue weighted by Gasteiger charge is 2.31. The molecule has 0 aromatic carbocycles. The lowest BCUT2D eigenvalue weighted by Crippen LogP contribution is -2.47. The summed E-state index contributed by atoms with van der Waals surface area (Å²) >= 11 is 2.34. The summed E-state index contributed by atoms with van der Waals surface area (Å²) in [5.41, 5.74) is 1.55. The van der Waals surface area contributed by atoms with E-state index in [1.54, 1.807) is 0 Å². The second kappa shape index (κ2) is 6.90. The molecule has 3 rings (SSSR count). The molecule has 24 heavy (non-hydrogen) atoms. The van der Waals surface area contributed by atoms with Gasteiger partial charge in [-0.05, 0) is 74.8 Å². The normalized spacial score (nSPS) is 18.8. The van der Waals surface area contributed by atoms with Gasteiger partial charge in [0.05, 0.1) is 5.69 Å². The van der Waals surface area contributed by atoms with Crippen molar-refractivity contribution in [3.63, 3.8) is 0 Å². The number of imidazole rings is 1. The van der Waals surface area contributed by atoms with E-state index in [1.807, 2.05) is 50.1 Å². The number of carbonyl (C=O) groups is 1. The van der Waals surface area contributed by atoms with Crippen molar-refractivity contribution in [3.8, 4) is 0 Å². The Morgan fingerprint density at radius 1 is 1.38 bits per heavy atom. The minimum atomic E-state index is -0.462. The number of nitrogens with zero attached hydrogens (tertiary/aromatic N) is 3. The molecule has 0 aliphatic carbocycles. The highest BCUT2D eigenvalue weighted by molar-refractivity contribution is 14.1. The smallest absolute Gasteiger partial charge is 0.410 e. The predicted molar refractivity (Wildman–Crippen MR) is 102 cm³/mol. The summed E-state index contributed by atoms with van der Waals surface area (Å²) in [7, 11) is 0. The van der Waals surface area contributed by atoms with Crippen LogP contribution in [0.5, 0.6) is 0 Å². The molecule has 1 amide bonds. The van der Waals surface area contributed by atoms with Crippen LogP contribution in [0.4, 0.5) is 4.79 Å². The first-order valence-corrected chi connectivity index (χ1v) is 9.54. The van der Waals surface area contributed by atoms with Crippen LogP contribution in [-0.2, 0) is 11.2 Å². The van der Waals surface area contributed by atoms with Gasteiger partial charge in [-0.25, -0.2) is 9.78 Å². The highest BCUT2D eigenvalue weighted by atomic mass is 127. The maximum Gasteiger partial charge on any atom is 0.410 e. The molecule has 0 bridgehead atoms. The molecule has 5 nitrogen and oxygen atoms in total. The molecule has 6 heteroatoms. The van der Waals surface area contributed by atoms with Crippen molar-refractivity contribution in [3.05, 3.63) is 33.8 Å². The van der Waals surface area contributed by atoms with Gasteiger partial charge in [-0.3, -0.25) is 4.40 Å². The molecule has 1 fully saturated rings. The van der Waals surface area contributed by atoms with Gasteiger partial charge in [-0.15, -0.1) is 0 Å². The first-order chi connectivity index (χ1) is 11.3. The molecular formula is C18H24IN3O2. The zero-order chi connectivity index (χ0) is 17.3. The first-order valence-electron chi connectivity index (χ1n) is 8.46. The minimum Gasteiger partial charge on any atom is -0.444 e. The number of aromatic nitrogens is 2. The van der Waals surface area contributed by atoms with E-state index >= 15 is 0 Å². The van der Waals surface area contributed by atoms with E-state index in [0.717, 1.165) is 47.3 Å². The Morgan fingerprint density at radius 3 is 2.88 bits per heavy atom. The Labute approximate surface area is 156 Å². The van der Waals surface area contributed by atoms with Crippen molar-refractivity contribution < 1.29 is 9.53 Å². The standard InChI is InChI=1S/C18H24IN3O2/c1-18(2,3)24-17(23)21-10-6-4-8-13(21)12-14-16(19)22-11-7-5-9-15(22)20-14/h5,7,9,11,13H,4,6,8,10,12H2,1-3H3/t13-/m0/s1.